The van der Waals surface area contributed by atoms with Crippen LogP contribution >= 0.6 is 11.6 Å². The second kappa shape index (κ2) is 5.50. The minimum atomic E-state index is -1.20. The van der Waals surface area contributed by atoms with Gasteiger partial charge in [0.25, 0.3) is 0 Å². The van der Waals surface area contributed by atoms with Crippen LogP contribution in [0.4, 0.5) is 0 Å². The van der Waals surface area contributed by atoms with Crippen LogP contribution in [0.2, 0.25) is 5.02 Å². The highest BCUT2D eigenvalue weighted by molar-refractivity contribution is 6.31. The number of carboxylic acids is 1. The SMILES string of the molecule is CC(=O)NC(=Cc1ccc(C)c(Cl)c1)C(=O)O. The van der Waals surface area contributed by atoms with Crippen molar-refractivity contribution in [1.82, 2.24) is 5.32 Å². The fraction of sp³-hybridized carbons (Fsp3) is 0.167. The summed E-state index contributed by atoms with van der Waals surface area (Å²) in [5.74, 6) is -1.63. The molecule has 4 nitrogen and oxygen atoms in total. The average molecular weight is 254 g/mol. The van der Waals surface area contributed by atoms with Crippen molar-refractivity contribution in [3.63, 3.8) is 0 Å². The Hall–Kier alpha value is -1.81. The Morgan fingerprint density at radius 1 is 1.41 bits per heavy atom. The van der Waals surface area contributed by atoms with E-state index in [9.17, 15) is 9.59 Å². The molecule has 1 rings (SSSR count). The van der Waals surface area contributed by atoms with Gasteiger partial charge < -0.3 is 10.4 Å². The highest BCUT2D eigenvalue weighted by atomic mass is 35.5. The quantitative estimate of drug-likeness (QED) is 0.812. The minimum absolute atomic E-state index is 0.183. The summed E-state index contributed by atoms with van der Waals surface area (Å²) in [5.41, 5.74) is 1.34. The molecule has 0 saturated carbocycles. The first-order valence-electron chi connectivity index (χ1n) is 4.89. The number of amides is 1. The summed E-state index contributed by atoms with van der Waals surface area (Å²) in [6.07, 6.45) is 1.36. The molecule has 1 amide bonds. The number of rotatable bonds is 3. The predicted molar refractivity (Wildman–Crippen MR) is 65.6 cm³/mol. The third-order valence-electron chi connectivity index (χ3n) is 2.05. The van der Waals surface area contributed by atoms with Gasteiger partial charge in [0, 0.05) is 11.9 Å². The summed E-state index contributed by atoms with van der Waals surface area (Å²) < 4.78 is 0. The van der Waals surface area contributed by atoms with E-state index < -0.39 is 11.9 Å². The number of aliphatic carboxylic acids is 1. The molecule has 0 radical (unpaired) electrons. The average Bonchev–Trinajstić information content (AvgIpc) is 2.21. The molecule has 0 heterocycles. The summed E-state index contributed by atoms with van der Waals surface area (Å²) in [4.78, 5) is 21.7. The van der Waals surface area contributed by atoms with Crippen LogP contribution < -0.4 is 5.32 Å². The number of carbonyl (C=O) groups is 2. The summed E-state index contributed by atoms with van der Waals surface area (Å²) in [5, 5.41) is 11.7. The molecule has 0 fully saturated rings. The largest absolute Gasteiger partial charge is 0.477 e. The van der Waals surface area contributed by atoms with Crippen LogP contribution in [-0.4, -0.2) is 17.0 Å². The van der Waals surface area contributed by atoms with Crippen LogP contribution in [0.1, 0.15) is 18.1 Å². The van der Waals surface area contributed by atoms with Gasteiger partial charge in [-0.3, -0.25) is 4.79 Å². The van der Waals surface area contributed by atoms with Crippen LogP contribution in [-0.2, 0) is 9.59 Å². The van der Waals surface area contributed by atoms with Crippen LogP contribution in [0.5, 0.6) is 0 Å². The lowest BCUT2D eigenvalue weighted by Gasteiger charge is -2.04. The van der Waals surface area contributed by atoms with E-state index in [0.29, 0.717) is 10.6 Å². The Morgan fingerprint density at radius 3 is 2.53 bits per heavy atom. The lowest BCUT2D eigenvalue weighted by atomic mass is 10.1. The second-order valence-corrected chi connectivity index (χ2v) is 3.96. The minimum Gasteiger partial charge on any atom is -0.477 e. The van der Waals surface area contributed by atoms with E-state index in [1.807, 2.05) is 6.92 Å². The molecular formula is C12H12ClNO3. The first kappa shape index (κ1) is 13.3. The molecule has 0 atom stereocenters. The Morgan fingerprint density at radius 2 is 2.06 bits per heavy atom. The van der Waals surface area contributed by atoms with E-state index in [-0.39, 0.29) is 5.70 Å². The van der Waals surface area contributed by atoms with Crippen LogP contribution in [0.25, 0.3) is 6.08 Å². The number of nitrogens with one attached hydrogen (secondary N) is 1. The van der Waals surface area contributed by atoms with Gasteiger partial charge in [-0.1, -0.05) is 23.7 Å². The molecule has 0 bridgehead atoms. The normalized spacial score (nSPS) is 11.1. The van der Waals surface area contributed by atoms with Crippen LogP contribution in [0, 0.1) is 6.92 Å². The van der Waals surface area contributed by atoms with Crippen LogP contribution in [0.3, 0.4) is 0 Å². The van der Waals surface area contributed by atoms with E-state index in [0.717, 1.165) is 5.56 Å². The molecule has 0 aliphatic rings. The fourth-order valence-electron chi connectivity index (χ4n) is 1.21. The number of hydrogen-bond donors (Lipinski definition) is 2. The zero-order valence-electron chi connectivity index (χ0n) is 9.45. The van der Waals surface area contributed by atoms with Gasteiger partial charge in [0.2, 0.25) is 5.91 Å². The smallest absolute Gasteiger partial charge is 0.352 e. The van der Waals surface area contributed by atoms with Gasteiger partial charge >= 0.3 is 5.97 Å². The van der Waals surface area contributed by atoms with Gasteiger partial charge in [0.1, 0.15) is 5.70 Å². The Balaban J connectivity index is 3.08. The second-order valence-electron chi connectivity index (χ2n) is 3.55. The van der Waals surface area contributed by atoms with Crippen molar-refractivity contribution in [2.75, 3.05) is 0 Å². The fourth-order valence-corrected chi connectivity index (χ4v) is 1.40. The van der Waals surface area contributed by atoms with Crippen molar-refractivity contribution in [3.05, 3.63) is 40.0 Å². The highest BCUT2D eigenvalue weighted by Gasteiger charge is 2.08. The van der Waals surface area contributed by atoms with Crippen molar-refractivity contribution in [1.29, 1.82) is 0 Å². The molecule has 0 aromatic heterocycles. The number of carbonyl (C=O) groups excluding carboxylic acids is 1. The van der Waals surface area contributed by atoms with E-state index in [4.69, 9.17) is 16.7 Å². The molecule has 1 aromatic carbocycles. The zero-order valence-corrected chi connectivity index (χ0v) is 10.2. The van der Waals surface area contributed by atoms with Crippen molar-refractivity contribution >= 4 is 29.6 Å². The Bertz CT molecular complexity index is 495. The number of halogens is 1. The molecule has 0 unspecified atom stereocenters. The molecule has 5 heteroatoms. The molecule has 1 aromatic rings. The van der Waals surface area contributed by atoms with Gasteiger partial charge in [-0.25, -0.2) is 4.79 Å². The number of carboxylic acid groups (broad SMARTS) is 1. The van der Waals surface area contributed by atoms with Gasteiger partial charge in [0.15, 0.2) is 0 Å². The number of aryl methyl sites for hydroxylation is 1. The maximum absolute atomic E-state index is 10.9. The first-order chi connectivity index (χ1) is 7.90. The van der Waals surface area contributed by atoms with Gasteiger partial charge in [0.05, 0.1) is 0 Å². The maximum Gasteiger partial charge on any atom is 0.352 e. The van der Waals surface area contributed by atoms with E-state index in [1.54, 1.807) is 18.2 Å². The summed E-state index contributed by atoms with van der Waals surface area (Å²) in [6, 6.07) is 5.15. The topological polar surface area (TPSA) is 66.4 Å². The standard InChI is InChI=1S/C12H12ClNO3/c1-7-3-4-9(5-10(7)13)6-11(12(16)17)14-8(2)15/h3-6H,1-2H3,(H,14,15)(H,16,17). The summed E-state index contributed by atoms with van der Waals surface area (Å²) in [7, 11) is 0. The molecule has 0 spiro atoms. The zero-order chi connectivity index (χ0) is 13.0. The molecule has 0 aliphatic carbocycles. The van der Waals surface area contributed by atoms with E-state index >= 15 is 0 Å². The van der Waals surface area contributed by atoms with Gasteiger partial charge in [-0.15, -0.1) is 0 Å². The van der Waals surface area contributed by atoms with Crippen LogP contribution in [0.15, 0.2) is 23.9 Å². The monoisotopic (exact) mass is 253 g/mol. The molecule has 90 valence electrons. The first-order valence-corrected chi connectivity index (χ1v) is 5.26. The lowest BCUT2D eigenvalue weighted by molar-refractivity contribution is -0.134. The van der Waals surface area contributed by atoms with Crippen molar-refractivity contribution in [2.45, 2.75) is 13.8 Å². The molecular weight excluding hydrogens is 242 g/mol. The van der Waals surface area contributed by atoms with E-state index in [1.165, 1.54) is 13.0 Å². The maximum atomic E-state index is 10.9. The molecule has 0 saturated heterocycles. The Kier molecular flexibility index (Phi) is 4.29. The highest BCUT2D eigenvalue weighted by Crippen LogP contribution is 2.18. The molecule has 2 N–H and O–H groups in total. The number of hydrogen-bond acceptors (Lipinski definition) is 2. The molecule has 17 heavy (non-hydrogen) atoms. The number of benzene rings is 1. The van der Waals surface area contributed by atoms with Gasteiger partial charge in [-0.2, -0.15) is 0 Å². The third-order valence-corrected chi connectivity index (χ3v) is 2.46. The van der Waals surface area contributed by atoms with E-state index in [2.05, 4.69) is 5.32 Å². The van der Waals surface area contributed by atoms with Crippen molar-refractivity contribution in [2.24, 2.45) is 0 Å². The molecule has 0 aliphatic heterocycles. The van der Waals surface area contributed by atoms with Gasteiger partial charge in [-0.05, 0) is 30.2 Å². The van der Waals surface area contributed by atoms with Crippen molar-refractivity contribution < 1.29 is 14.7 Å². The third kappa shape index (κ3) is 3.92. The predicted octanol–water partition coefficient (Wildman–Crippen LogP) is 2.21. The summed E-state index contributed by atoms with van der Waals surface area (Å²) >= 11 is 5.92. The lowest BCUT2D eigenvalue weighted by Crippen LogP contribution is -2.24. The summed E-state index contributed by atoms with van der Waals surface area (Å²) in [6.45, 7) is 3.10. The Labute approximate surface area is 104 Å². The van der Waals surface area contributed by atoms with Crippen molar-refractivity contribution in [3.8, 4) is 0 Å².